The van der Waals surface area contributed by atoms with Crippen LogP contribution in [0.25, 0.3) is 0 Å². The Morgan fingerprint density at radius 3 is 2.52 bits per heavy atom. The molecule has 0 aliphatic carbocycles. The van der Waals surface area contributed by atoms with Crippen LogP contribution in [0.4, 0.5) is 17.1 Å². The normalized spacial score (nSPS) is 10.1. The van der Waals surface area contributed by atoms with Crippen molar-refractivity contribution in [3.63, 3.8) is 0 Å². The molecule has 1 aromatic rings. The predicted octanol–water partition coefficient (Wildman–Crippen LogP) is 2.23. The highest BCUT2D eigenvalue weighted by atomic mass is 16.6. The first-order valence-electron chi connectivity index (χ1n) is 6.95. The Bertz CT molecular complexity index is 531. The van der Waals surface area contributed by atoms with Crippen LogP contribution in [-0.2, 0) is 0 Å². The van der Waals surface area contributed by atoms with Gasteiger partial charge in [0, 0.05) is 33.3 Å². The Balaban J connectivity index is 3.43. The molecule has 0 aliphatic heterocycles. The van der Waals surface area contributed by atoms with Gasteiger partial charge in [-0.2, -0.15) is 0 Å². The molecule has 0 heterocycles. The number of carbonyl (C=O) groups excluding carboxylic acids is 1. The smallest absolute Gasteiger partial charge is 0.293 e. The first-order valence-corrected chi connectivity index (χ1v) is 6.95. The van der Waals surface area contributed by atoms with Crippen molar-refractivity contribution in [3.05, 3.63) is 27.8 Å². The number of anilines is 2. The lowest BCUT2D eigenvalue weighted by atomic mass is 10.1. The van der Waals surface area contributed by atoms with E-state index in [1.807, 2.05) is 25.8 Å². The van der Waals surface area contributed by atoms with Crippen LogP contribution in [0.2, 0.25) is 0 Å². The minimum atomic E-state index is -0.488. The number of nitrogens with zero attached hydrogens (tertiary/aromatic N) is 2. The van der Waals surface area contributed by atoms with Crippen molar-refractivity contribution in [2.75, 3.05) is 37.4 Å². The third-order valence-corrected chi connectivity index (χ3v) is 3.13. The van der Waals surface area contributed by atoms with Gasteiger partial charge < -0.3 is 15.5 Å². The van der Waals surface area contributed by atoms with Crippen molar-refractivity contribution >= 4 is 23.0 Å². The molecule has 0 spiro atoms. The van der Waals surface area contributed by atoms with Crippen LogP contribution in [0.3, 0.4) is 0 Å². The monoisotopic (exact) mass is 294 g/mol. The van der Waals surface area contributed by atoms with E-state index in [2.05, 4.69) is 10.6 Å². The number of nitro groups is 1. The number of nitro benzene ring substituents is 1. The van der Waals surface area contributed by atoms with Gasteiger partial charge in [-0.05, 0) is 19.4 Å². The predicted molar refractivity (Wildman–Crippen MR) is 84.2 cm³/mol. The van der Waals surface area contributed by atoms with E-state index in [1.54, 1.807) is 13.1 Å². The average Bonchev–Trinajstić information content (AvgIpc) is 2.46. The quantitative estimate of drug-likeness (QED) is 0.595. The van der Waals surface area contributed by atoms with Crippen LogP contribution in [0.15, 0.2) is 12.1 Å². The second-order valence-corrected chi connectivity index (χ2v) is 4.67. The Morgan fingerprint density at radius 1 is 1.38 bits per heavy atom. The van der Waals surface area contributed by atoms with Crippen molar-refractivity contribution < 1.29 is 9.72 Å². The van der Waals surface area contributed by atoms with Gasteiger partial charge in [0.15, 0.2) is 0 Å². The summed E-state index contributed by atoms with van der Waals surface area (Å²) in [5.41, 5.74) is 1.29. The molecule has 2 N–H and O–H groups in total. The summed E-state index contributed by atoms with van der Waals surface area (Å²) in [5, 5.41) is 16.6. The van der Waals surface area contributed by atoms with E-state index in [9.17, 15) is 14.9 Å². The van der Waals surface area contributed by atoms with E-state index in [0.29, 0.717) is 23.5 Å². The maximum absolute atomic E-state index is 12.2. The molecule has 0 saturated carbocycles. The van der Waals surface area contributed by atoms with Gasteiger partial charge >= 0.3 is 0 Å². The maximum Gasteiger partial charge on any atom is 0.293 e. The standard InChI is InChI=1S/C14H22N4O3/c1-5-7-17(4)12-9-11(15-3)13(18(20)21)8-10(12)14(19)16-6-2/h8-9,15H,5-7H2,1-4H3,(H,16,19). The molecule has 1 rings (SSSR count). The molecular weight excluding hydrogens is 272 g/mol. The molecule has 0 atom stereocenters. The second kappa shape index (κ2) is 7.47. The zero-order chi connectivity index (χ0) is 16.0. The SMILES string of the molecule is CCCN(C)c1cc(NC)c([N+](=O)[O-])cc1C(=O)NCC. The molecule has 7 nitrogen and oxygen atoms in total. The van der Waals surface area contributed by atoms with E-state index in [-0.39, 0.29) is 11.6 Å². The highest BCUT2D eigenvalue weighted by molar-refractivity contribution is 6.01. The van der Waals surface area contributed by atoms with Crippen LogP contribution in [0, 0.1) is 10.1 Å². The molecule has 1 amide bonds. The zero-order valence-electron chi connectivity index (χ0n) is 12.9. The van der Waals surface area contributed by atoms with Crippen LogP contribution < -0.4 is 15.5 Å². The molecule has 21 heavy (non-hydrogen) atoms. The lowest BCUT2D eigenvalue weighted by molar-refractivity contribution is -0.383. The summed E-state index contributed by atoms with van der Waals surface area (Å²) in [5.74, 6) is -0.304. The van der Waals surface area contributed by atoms with Gasteiger partial charge in [0.1, 0.15) is 5.69 Å². The van der Waals surface area contributed by atoms with Gasteiger partial charge in [-0.15, -0.1) is 0 Å². The number of nitrogens with one attached hydrogen (secondary N) is 2. The lowest BCUT2D eigenvalue weighted by Gasteiger charge is -2.22. The van der Waals surface area contributed by atoms with Crippen LogP contribution in [0.1, 0.15) is 30.6 Å². The summed E-state index contributed by atoms with van der Waals surface area (Å²) in [7, 11) is 3.49. The number of hydrogen-bond donors (Lipinski definition) is 2. The molecule has 0 aliphatic rings. The maximum atomic E-state index is 12.2. The minimum Gasteiger partial charge on any atom is -0.383 e. The van der Waals surface area contributed by atoms with Gasteiger partial charge in [-0.3, -0.25) is 14.9 Å². The van der Waals surface area contributed by atoms with Gasteiger partial charge in [-0.1, -0.05) is 6.92 Å². The first kappa shape index (κ1) is 16.7. The third kappa shape index (κ3) is 3.84. The number of benzene rings is 1. The number of rotatable bonds is 7. The molecule has 7 heteroatoms. The van der Waals surface area contributed by atoms with Crippen LogP contribution in [0.5, 0.6) is 0 Å². The fourth-order valence-corrected chi connectivity index (χ4v) is 2.14. The Kier molecular flexibility index (Phi) is 5.95. The van der Waals surface area contributed by atoms with Crippen LogP contribution in [-0.4, -0.2) is 38.0 Å². The van der Waals surface area contributed by atoms with Crippen molar-refractivity contribution in [1.82, 2.24) is 5.32 Å². The summed E-state index contributed by atoms with van der Waals surface area (Å²) in [6, 6.07) is 2.98. The molecular formula is C14H22N4O3. The molecule has 0 unspecified atom stereocenters. The Labute approximate surface area is 124 Å². The second-order valence-electron chi connectivity index (χ2n) is 4.67. The molecule has 0 fully saturated rings. The van der Waals surface area contributed by atoms with E-state index in [1.165, 1.54) is 6.07 Å². The fourth-order valence-electron chi connectivity index (χ4n) is 2.14. The number of amides is 1. The van der Waals surface area contributed by atoms with Gasteiger partial charge in [0.25, 0.3) is 11.6 Å². The van der Waals surface area contributed by atoms with E-state index < -0.39 is 4.92 Å². The Hall–Kier alpha value is -2.31. The molecule has 0 saturated heterocycles. The van der Waals surface area contributed by atoms with E-state index in [0.717, 1.165) is 13.0 Å². The third-order valence-electron chi connectivity index (χ3n) is 3.13. The zero-order valence-corrected chi connectivity index (χ0v) is 12.9. The van der Waals surface area contributed by atoms with Crippen molar-refractivity contribution in [3.8, 4) is 0 Å². The molecule has 0 bridgehead atoms. The van der Waals surface area contributed by atoms with Crippen molar-refractivity contribution in [1.29, 1.82) is 0 Å². The van der Waals surface area contributed by atoms with E-state index >= 15 is 0 Å². The molecule has 1 aromatic carbocycles. The first-order chi connectivity index (χ1) is 9.96. The highest BCUT2D eigenvalue weighted by Crippen LogP contribution is 2.33. The minimum absolute atomic E-state index is 0.104. The fraction of sp³-hybridized carbons (Fsp3) is 0.500. The van der Waals surface area contributed by atoms with Gasteiger partial charge in [0.05, 0.1) is 16.2 Å². The summed E-state index contributed by atoms with van der Waals surface area (Å²) in [6.45, 7) is 5.07. The van der Waals surface area contributed by atoms with Crippen LogP contribution >= 0.6 is 0 Å². The molecule has 0 aromatic heterocycles. The number of hydrogen-bond acceptors (Lipinski definition) is 5. The van der Waals surface area contributed by atoms with Gasteiger partial charge in [-0.25, -0.2) is 0 Å². The largest absolute Gasteiger partial charge is 0.383 e. The van der Waals surface area contributed by atoms with Gasteiger partial charge in [0.2, 0.25) is 0 Å². The Morgan fingerprint density at radius 2 is 2.05 bits per heavy atom. The average molecular weight is 294 g/mol. The summed E-state index contributed by atoms with van der Waals surface area (Å²) in [6.07, 6.45) is 0.914. The van der Waals surface area contributed by atoms with E-state index in [4.69, 9.17) is 0 Å². The molecule has 0 radical (unpaired) electrons. The molecule has 116 valence electrons. The summed E-state index contributed by atoms with van der Waals surface area (Å²) in [4.78, 5) is 24.7. The number of carbonyl (C=O) groups is 1. The van der Waals surface area contributed by atoms with Crippen molar-refractivity contribution in [2.24, 2.45) is 0 Å². The summed E-state index contributed by atoms with van der Waals surface area (Å²) < 4.78 is 0. The summed E-state index contributed by atoms with van der Waals surface area (Å²) >= 11 is 0. The highest BCUT2D eigenvalue weighted by Gasteiger charge is 2.22. The lowest BCUT2D eigenvalue weighted by Crippen LogP contribution is -2.27. The topological polar surface area (TPSA) is 87.5 Å². The van der Waals surface area contributed by atoms with Crippen molar-refractivity contribution in [2.45, 2.75) is 20.3 Å².